The third-order valence-electron chi connectivity index (χ3n) is 2.46. The third-order valence-corrected chi connectivity index (χ3v) is 2.46. The number of aryl methyl sites for hydroxylation is 1. The lowest BCUT2D eigenvalue weighted by molar-refractivity contribution is 0.0820. The molecule has 1 aromatic heterocycles. The topological polar surface area (TPSA) is 88.1 Å². The molecule has 2 rings (SSSR count). The van der Waals surface area contributed by atoms with Crippen LogP contribution < -0.4 is 10.6 Å². The van der Waals surface area contributed by atoms with Gasteiger partial charge in [-0.2, -0.15) is 0 Å². The van der Waals surface area contributed by atoms with Crippen LogP contribution >= 0.6 is 0 Å². The molecule has 6 heteroatoms. The summed E-state index contributed by atoms with van der Waals surface area (Å²) in [7, 11) is 0. The van der Waals surface area contributed by atoms with Gasteiger partial charge in [-0.1, -0.05) is 0 Å². The minimum atomic E-state index is -0.348. The molecule has 3 N–H and O–H groups in total. The zero-order chi connectivity index (χ0) is 11.5. The average Bonchev–Trinajstić information content (AvgIpc) is 2.30. The van der Waals surface area contributed by atoms with Gasteiger partial charge in [-0.05, 0) is 12.5 Å². The summed E-state index contributed by atoms with van der Waals surface area (Å²) in [5, 5.41) is 7.36. The number of aromatic nitrogens is 2. The van der Waals surface area contributed by atoms with Crippen LogP contribution in [-0.2, 0) is 4.74 Å². The lowest BCUT2D eigenvalue weighted by atomic mass is 10.2. The van der Waals surface area contributed by atoms with Crippen molar-refractivity contribution in [2.45, 2.75) is 13.0 Å². The Labute approximate surface area is 94.0 Å². The van der Waals surface area contributed by atoms with Gasteiger partial charge in [0.1, 0.15) is 11.9 Å². The highest BCUT2D eigenvalue weighted by Gasteiger charge is 2.24. The van der Waals surface area contributed by atoms with E-state index in [0.717, 1.165) is 12.1 Å². The van der Waals surface area contributed by atoms with E-state index in [-0.39, 0.29) is 11.9 Å². The fourth-order valence-corrected chi connectivity index (χ4v) is 1.57. The normalized spacial score (nSPS) is 20.8. The zero-order valence-electron chi connectivity index (χ0n) is 9.18. The number of hydrogen-bond acceptors (Lipinski definition) is 5. The molecule has 1 aliphatic heterocycles. The maximum atomic E-state index is 7.36. The summed E-state index contributed by atoms with van der Waals surface area (Å²) in [4.78, 5) is 10.5. The first-order valence-electron chi connectivity index (χ1n) is 5.16. The SMILES string of the molecule is Cc1cnc(N2CCOC(C(=N)N)C2)nc1. The van der Waals surface area contributed by atoms with Gasteiger partial charge in [-0.15, -0.1) is 0 Å². The van der Waals surface area contributed by atoms with Crippen molar-refractivity contribution in [2.75, 3.05) is 24.6 Å². The molecule has 0 amide bonds. The molecule has 1 unspecified atom stereocenters. The Morgan fingerprint density at radius 2 is 2.25 bits per heavy atom. The molecule has 1 saturated heterocycles. The Kier molecular flexibility index (Phi) is 3.00. The summed E-state index contributed by atoms with van der Waals surface area (Å²) in [5.74, 6) is 0.719. The molecule has 0 bridgehead atoms. The van der Waals surface area contributed by atoms with Crippen molar-refractivity contribution in [1.29, 1.82) is 5.41 Å². The minimum absolute atomic E-state index is 0.0526. The maximum Gasteiger partial charge on any atom is 0.225 e. The van der Waals surface area contributed by atoms with Crippen LogP contribution in [0.4, 0.5) is 5.95 Å². The van der Waals surface area contributed by atoms with Crippen LogP contribution in [0.15, 0.2) is 12.4 Å². The van der Waals surface area contributed by atoms with Crippen LogP contribution in [0.1, 0.15) is 5.56 Å². The number of amidine groups is 1. The lowest BCUT2D eigenvalue weighted by Gasteiger charge is -2.32. The van der Waals surface area contributed by atoms with Crippen molar-refractivity contribution >= 4 is 11.8 Å². The molecule has 0 radical (unpaired) electrons. The molecular formula is C10H15N5O. The van der Waals surface area contributed by atoms with Crippen molar-refractivity contribution in [3.05, 3.63) is 18.0 Å². The third kappa shape index (κ3) is 2.27. The molecule has 0 aliphatic carbocycles. The van der Waals surface area contributed by atoms with Crippen LogP contribution in [0, 0.1) is 12.3 Å². The first-order valence-corrected chi connectivity index (χ1v) is 5.16. The molecule has 0 aromatic carbocycles. The summed E-state index contributed by atoms with van der Waals surface area (Å²) in [6.45, 7) is 3.76. The molecule has 86 valence electrons. The van der Waals surface area contributed by atoms with Crippen LogP contribution in [-0.4, -0.2) is 41.6 Å². The summed E-state index contributed by atoms with van der Waals surface area (Å²) >= 11 is 0. The van der Waals surface area contributed by atoms with Gasteiger partial charge in [0.05, 0.1) is 13.2 Å². The number of nitrogens with zero attached hydrogens (tertiary/aromatic N) is 3. The standard InChI is InChI=1S/C10H15N5O/c1-7-4-13-10(14-5-7)15-2-3-16-8(6-15)9(11)12/h4-5,8H,2-3,6H2,1H3,(H3,11,12). The molecule has 1 fully saturated rings. The van der Waals surface area contributed by atoms with Crippen molar-refractivity contribution < 1.29 is 4.74 Å². The second kappa shape index (κ2) is 4.44. The average molecular weight is 221 g/mol. The number of nitrogens with two attached hydrogens (primary N) is 1. The first kappa shape index (κ1) is 10.8. The first-order chi connectivity index (χ1) is 7.66. The van der Waals surface area contributed by atoms with E-state index in [0.29, 0.717) is 19.1 Å². The summed E-state index contributed by atoms with van der Waals surface area (Å²) in [6.07, 6.45) is 3.21. The van der Waals surface area contributed by atoms with E-state index >= 15 is 0 Å². The quantitative estimate of drug-likeness (QED) is 0.539. The Bertz CT molecular complexity index is 377. The molecule has 0 spiro atoms. The summed E-state index contributed by atoms with van der Waals surface area (Å²) < 4.78 is 5.37. The van der Waals surface area contributed by atoms with Crippen molar-refractivity contribution in [1.82, 2.24) is 9.97 Å². The van der Waals surface area contributed by atoms with Crippen LogP contribution in [0.25, 0.3) is 0 Å². The number of rotatable bonds is 2. The maximum absolute atomic E-state index is 7.36. The predicted molar refractivity (Wildman–Crippen MR) is 60.6 cm³/mol. The van der Waals surface area contributed by atoms with Crippen LogP contribution in [0.5, 0.6) is 0 Å². The summed E-state index contributed by atoms with van der Waals surface area (Å²) in [5.41, 5.74) is 6.45. The Morgan fingerprint density at radius 1 is 1.56 bits per heavy atom. The predicted octanol–water partition coefficient (Wildman–Crippen LogP) is -0.0738. The van der Waals surface area contributed by atoms with Gasteiger partial charge in [-0.3, -0.25) is 5.41 Å². The van der Waals surface area contributed by atoms with E-state index in [2.05, 4.69) is 9.97 Å². The van der Waals surface area contributed by atoms with Gasteiger partial charge < -0.3 is 15.4 Å². The molecule has 2 heterocycles. The largest absolute Gasteiger partial charge is 0.385 e. The fourth-order valence-electron chi connectivity index (χ4n) is 1.57. The molecule has 1 atom stereocenters. The van der Waals surface area contributed by atoms with E-state index < -0.39 is 0 Å². The fraction of sp³-hybridized carbons (Fsp3) is 0.500. The van der Waals surface area contributed by atoms with E-state index in [1.165, 1.54) is 0 Å². The molecule has 6 nitrogen and oxygen atoms in total. The van der Waals surface area contributed by atoms with E-state index in [1.54, 1.807) is 12.4 Å². The molecule has 16 heavy (non-hydrogen) atoms. The van der Waals surface area contributed by atoms with Crippen LogP contribution in [0.3, 0.4) is 0 Å². The Balaban J connectivity index is 2.09. The molecule has 1 aliphatic rings. The summed E-state index contributed by atoms with van der Waals surface area (Å²) in [6, 6.07) is 0. The van der Waals surface area contributed by atoms with Gasteiger partial charge in [0, 0.05) is 18.9 Å². The number of morpholine rings is 1. The highest BCUT2D eigenvalue weighted by Crippen LogP contribution is 2.12. The second-order valence-corrected chi connectivity index (χ2v) is 3.82. The van der Waals surface area contributed by atoms with Gasteiger partial charge in [-0.25, -0.2) is 9.97 Å². The monoisotopic (exact) mass is 221 g/mol. The zero-order valence-corrected chi connectivity index (χ0v) is 9.18. The van der Waals surface area contributed by atoms with E-state index in [9.17, 15) is 0 Å². The van der Waals surface area contributed by atoms with Gasteiger partial charge >= 0.3 is 0 Å². The Hall–Kier alpha value is -1.69. The molecular weight excluding hydrogens is 206 g/mol. The number of ether oxygens (including phenoxy) is 1. The minimum Gasteiger partial charge on any atom is -0.385 e. The number of hydrogen-bond donors (Lipinski definition) is 2. The smallest absolute Gasteiger partial charge is 0.225 e. The van der Waals surface area contributed by atoms with Crippen molar-refractivity contribution in [3.8, 4) is 0 Å². The van der Waals surface area contributed by atoms with Crippen molar-refractivity contribution in [2.24, 2.45) is 5.73 Å². The highest BCUT2D eigenvalue weighted by molar-refractivity contribution is 5.82. The second-order valence-electron chi connectivity index (χ2n) is 3.82. The number of anilines is 1. The number of nitrogens with one attached hydrogen (secondary N) is 1. The Morgan fingerprint density at radius 3 is 2.88 bits per heavy atom. The van der Waals surface area contributed by atoms with Gasteiger partial charge in [0.15, 0.2) is 0 Å². The lowest BCUT2D eigenvalue weighted by Crippen LogP contribution is -2.48. The van der Waals surface area contributed by atoms with E-state index in [1.807, 2.05) is 11.8 Å². The highest BCUT2D eigenvalue weighted by atomic mass is 16.5. The van der Waals surface area contributed by atoms with Crippen LogP contribution in [0.2, 0.25) is 0 Å². The van der Waals surface area contributed by atoms with Gasteiger partial charge in [0.2, 0.25) is 5.95 Å². The van der Waals surface area contributed by atoms with Gasteiger partial charge in [0.25, 0.3) is 0 Å². The molecule has 1 aromatic rings. The van der Waals surface area contributed by atoms with E-state index in [4.69, 9.17) is 15.9 Å². The molecule has 0 saturated carbocycles. The van der Waals surface area contributed by atoms with Crippen molar-refractivity contribution in [3.63, 3.8) is 0 Å².